The summed E-state index contributed by atoms with van der Waals surface area (Å²) >= 11 is 2.76. The number of thiophene rings is 2. The molecule has 4 heterocycles. The van der Waals surface area contributed by atoms with Crippen molar-refractivity contribution in [1.82, 2.24) is 20.7 Å². The van der Waals surface area contributed by atoms with Crippen LogP contribution in [0.4, 0.5) is 0 Å². The van der Waals surface area contributed by atoms with E-state index in [1.54, 1.807) is 46.6 Å². The number of hydrogen-bond acceptors (Lipinski definition) is 8. The molecule has 180 valence electrons. The van der Waals surface area contributed by atoms with Crippen LogP contribution in [0.5, 0.6) is 0 Å². The van der Waals surface area contributed by atoms with Crippen molar-refractivity contribution in [3.63, 3.8) is 0 Å². The van der Waals surface area contributed by atoms with Gasteiger partial charge < -0.3 is 9.80 Å². The summed E-state index contributed by atoms with van der Waals surface area (Å²) in [6.07, 6.45) is 9.44. The number of carbonyl (C=O) groups excluding carboxylic acids is 4. The summed E-state index contributed by atoms with van der Waals surface area (Å²) in [4.78, 5) is 54.8. The van der Waals surface area contributed by atoms with E-state index in [2.05, 4.69) is 10.9 Å². The van der Waals surface area contributed by atoms with Crippen LogP contribution in [0.1, 0.15) is 39.1 Å². The van der Waals surface area contributed by atoms with Crippen molar-refractivity contribution >= 4 is 46.1 Å². The second-order valence-corrected chi connectivity index (χ2v) is 9.85. The Morgan fingerprint density at radius 2 is 1.46 bits per heavy atom. The molecule has 2 amide bonds. The van der Waals surface area contributed by atoms with Crippen LogP contribution in [0.2, 0.25) is 0 Å². The molecule has 2 aromatic rings. The molecule has 0 fully saturated rings. The fraction of sp³-hybridized carbons (Fsp3) is 0.200. The molecule has 0 saturated heterocycles. The Labute approximate surface area is 210 Å². The van der Waals surface area contributed by atoms with Gasteiger partial charge in [-0.05, 0) is 42.7 Å². The standard InChI is InChI=1S/C25H24N4O4S2/c1-17-8-9-19(14-29(17)16-21(31)23-7-4-12-35-23)25(33)27-26-24(32)18-5-2-10-28(13-18)15-20(30)22-6-3-11-34-22/h2-4,6-8,10-14H,5,9,15-16H2,1H3,(H,26,32)(H,27,33). The maximum Gasteiger partial charge on any atom is 0.267 e. The summed E-state index contributed by atoms with van der Waals surface area (Å²) in [7, 11) is 0. The van der Waals surface area contributed by atoms with E-state index in [0.29, 0.717) is 33.7 Å². The number of rotatable bonds is 8. The van der Waals surface area contributed by atoms with Gasteiger partial charge in [-0.15, -0.1) is 22.7 Å². The SMILES string of the molecule is CC1=CCC(C(=O)NNC(=O)C2=CN(CC(=O)c3cccs3)C=CC2)=CN1CC(=O)c1cccs1. The highest BCUT2D eigenvalue weighted by Gasteiger charge is 2.21. The Bertz CT molecular complexity index is 1240. The summed E-state index contributed by atoms with van der Waals surface area (Å²) < 4.78 is 0. The maximum absolute atomic E-state index is 12.7. The Kier molecular flexibility index (Phi) is 7.74. The third-order valence-electron chi connectivity index (χ3n) is 5.44. The van der Waals surface area contributed by atoms with Crippen molar-refractivity contribution in [3.8, 4) is 0 Å². The van der Waals surface area contributed by atoms with Crippen LogP contribution in [0.3, 0.4) is 0 Å². The normalized spacial score (nSPS) is 15.2. The van der Waals surface area contributed by atoms with Gasteiger partial charge >= 0.3 is 0 Å². The van der Waals surface area contributed by atoms with Gasteiger partial charge in [-0.25, -0.2) is 0 Å². The number of Topliss-reactive ketones (excluding diaryl/α,β-unsaturated/α-hetero) is 2. The number of carbonyl (C=O) groups is 4. The maximum atomic E-state index is 12.7. The quantitative estimate of drug-likeness (QED) is 0.418. The molecule has 0 unspecified atom stereocenters. The largest absolute Gasteiger partial charge is 0.346 e. The highest BCUT2D eigenvalue weighted by atomic mass is 32.1. The zero-order chi connectivity index (χ0) is 24.8. The van der Waals surface area contributed by atoms with E-state index in [0.717, 1.165) is 5.70 Å². The van der Waals surface area contributed by atoms with E-state index in [9.17, 15) is 19.2 Å². The van der Waals surface area contributed by atoms with Gasteiger partial charge in [0.05, 0.1) is 22.8 Å². The Morgan fingerprint density at radius 1 is 0.857 bits per heavy atom. The van der Waals surface area contributed by atoms with Crippen molar-refractivity contribution in [2.45, 2.75) is 19.8 Å². The van der Waals surface area contributed by atoms with Crippen LogP contribution in [0.15, 0.2) is 82.6 Å². The van der Waals surface area contributed by atoms with Gasteiger partial charge in [0.15, 0.2) is 11.6 Å². The first-order chi connectivity index (χ1) is 16.9. The monoisotopic (exact) mass is 508 g/mol. The minimum Gasteiger partial charge on any atom is -0.346 e. The molecule has 10 heteroatoms. The molecule has 0 atom stereocenters. The summed E-state index contributed by atoms with van der Waals surface area (Å²) in [5, 5.41) is 3.69. The van der Waals surface area contributed by atoms with Crippen LogP contribution in [-0.4, -0.2) is 46.3 Å². The predicted molar refractivity (Wildman–Crippen MR) is 135 cm³/mol. The van der Waals surface area contributed by atoms with Gasteiger partial charge in [-0.1, -0.05) is 24.3 Å². The second-order valence-electron chi connectivity index (χ2n) is 7.96. The average Bonchev–Trinajstić information content (AvgIpc) is 3.58. The topological polar surface area (TPSA) is 98.8 Å². The average molecular weight is 509 g/mol. The first-order valence-corrected chi connectivity index (χ1v) is 12.7. The molecule has 0 aromatic carbocycles. The minimum absolute atomic E-state index is 0.0293. The summed E-state index contributed by atoms with van der Waals surface area (Å²) in [6.45, 7) is 2.14. The van der Waals surface area contributed by atoms with Gasteiger partial charge in [-0.3, -0.25) is 30.0 Å². The van der Waals surface area contributed by atoms with Crippen molar-refractivity contribution < 1.29 is 19.2 Å². The Hall–Kier alpha value is -3.76. The molecule has 2 aliphatic rings. The summed E-state index contributed by atoms with van der Waals surface area (Å²) in [5.41, 5.74) is 6.62. The first-order valence-electron chi connectivity index (χ1n) is 10.9. The lowest BCUT2D eigenvalue weighted by atomic mass is 10.1. The van der Waals surface area contributed by atoms with E-state index in [-0.39, 0.29) is 24.7 Å². The van der Waals surface area contributed by atoms with E-state index in [1.165, 1.54) is 22.7 Å². The zero-order valence-electron chi connectivity index (χ0n) is 19.0. The van der Waals surface area contributed by atoms with E-state index >= 15 is 0 Å². The Morgan fingerprint density at radius 3 is 2.06 bits per heavy atom. The van der Waals surface area contributed by atoms with Crippen molar-refractivity contribution in [2.24, 2.45) is 0 Å². The molecule has 0 spiro atoms. The molecule has 2 aromatic heterocycles. The van der Waals surface area contributed by atoms with Gasteiger partial charge in [0.1, 0.15) is 0 Å². The zero-order valence-corrected chi connectivity index (χ0v) is 20.7. The van der Waals surface area contributed by atoms with Crippen LogP contribution < -0.4 is 10.9 Å². The predicted octanol–water partition coefficient (Wildman–Crippen LogP) is 3.62. The number of ketones is 2. The highest BCUT2D eigenvalue weighted by molar-refractivity contribution is 7.12. The second kappa shape index (κ2) is 11.1. The molecule has 0 saturated carbocycles. The van der Waals surface area contributed by atoms with Crippen molar-refractivity contribution in [1.29, 1.82) is 0 Å². The number of hydrogen-bond donors (Lipinski definition) is 2. The van der Waals surface area contributed by atoms with Crippen LogP contribution >= 0.6 is 22.7 Å². The van der Waals surface area contributed by atoms with Crippen LogP contribution in [0, 0.1) is 0 Å². The lowest BCUT2D eigenvalue weighted by molar-refractivity contribution is -0.125. The fourth-order valence-electron chi connectivity index (χ4n) is 3.52. The van der Waals surface area contributed by atoms with Crippen LogP contribution in [-0.2, 0) is 9.59 Å². The van der Waals surface area contributed by atoms with Gasteiger partial charge in [0.25, 0.3) is 11.8 Å². The number of allylic oxidation sites excluding steroid dienone is 3. The molecular weight excluding hydrogens is 484 g/mol. The molecule has 35 heavy (non-hydrogen) atoms. The molecule has 4 rings (SSSR count). The smallest absolute Gasteiger partial charge is 0.267 e. The van der Waals surface area contributed by atoms with E-state index < -0.39 is 11.8 Å². The van der Waals surface area contributed by atoms with Gasteiger partial charge in [0, 0.05) is 35.4 Å². The highest BCUT2D eigenvalue weighted by Crippen LogP contribution is 2.20. The molecule has 0 aliphatic carbocycles. The van der Waals surface area contributed by atoms with Gasteiger partial charge in [-0.2, -0.15) is 0 Å². The van der Waals surface area contributed by atoms with E-state index in [1.807, 2.05) is 35.9 Å². The first kappa shape index (κ1) is 24.4. The molecular formula is C25H24N4O4S2. The third-order valence-corrected chi connectivity index (χ3v) is 7.27. The lowest BCUT2D eigenvalue weighted by Crippen LogP contribution is -2.44. The molecule has 2 N–H and O–H groups in total. The van der Waals surface area contributed by atoms with Gasteiger partial charge in [0.2, 0.25) is 0 Å². The fourth-order valence-corrected chi connectivity index (χ4v) is 4.84. The van der Waals surface area contributed by atoms with Crippen LogP contribution in [0.25, 0.3) is 0 Å². The molecule has 2 aliphatic heterocycles. The molecule has 0 radical (unpaired) electrons. The van der Waals surface area contributed by atoms with Crippen molar-refractivity contribution in [2.75, 3.05) is 13.1 Å². The summed E-state index contributed by atoms with van der Waals surface area (Å²) in [6, 6.07) is 7.19. The minimum atomic E-state index is -0.455. The number of nitrogens with zero attached hydrogens (tertiary/aromatic N) is 2. The third kappa shape index (κ3) is 6.23. The summed E-state index contributed by atoms with van der Waals surface area (Å²) in [5.74, 6) is -0.972. The number of nitrogens with one attached hydrogen (secondary N) is 2. The number of hydrazine groups is 1. The molecule has 8 nitrogen and oxygen atoms in total. The molecule has 0 bridgehead atoms. The Balaban J connectivity index is 1.31. The van der Waals surface area contributed by atoms with E-state index in [4.69, 9.17) is 0 Å². The lowest BCUT2D eigenvalue weighted by Gasteiger charge is -2.25. The number of amides is 2. The van der Waals surface area contributed by atoms with Crippen molar-refractivity contribution in [3.05, 3.63) is 92.4 Å².